The zero-order chi connectivity index (χ0) is 25.3. The SMILES string of the molecule is NCCCCS(=O)(=O)CCCNc1cccc2c1C(=O)N(C1CCC(=O)NC1=O)C2=O.O=CO. The number of amides is 4. The van der Waals surface area contributed by atoms with E-state index in [1.807, 2.05) is 0 Å². The molecule has 1 saturated heterocycles. The number of carbonyl (C=O) groups is 5. The summed E-state index contributed by atoms with van der Waals surface area (Å²) in [6.07, 6.45) is 1.67. The van der Waals surface area contributed by atoms with Crippen molar-refractivity contribution in [2.75, 3.05) is 29.9 Å². The normalized spacial score (nSPS) is 17.6. The average molecular weight is 497 g/mol. The van der Waals surface area contributed by atoms with E-state index in [-0.39, 0.29) is 41.9 Å². The van der Waals surface area contributed by atoms with Crippen LogP contribution in [0.3, 0.4) is 0 Å². The number of sulfone groups is 1. The van der Waals surface area contributed by atoms with Gasteiger partial charge in [-0.25, -0.2) is 8.42 Å². The molecule has 186 valence electrons. The van der Waals surface area contributed by atoms with Gasteiger partial charge in [0.05, 0.1) is 22.6 Å². The summed E-state index contributed by atoms with van der Waals surface area (Å²) in [5.74, 6) is -2.18. The Hall–Kier alpha value is -3.32. The van der Waals surface area contributed by atoms with Gasteiger partial charge in [-0.1, -0.05) is 6.07 Å². The maximum absolute atomic E-state index is 13.0. The summed E-state index contributed by atoms with van der Waals surface area (Å²) in [7, 11) is -3.17. The standard InChI is InChI=1S/C20H26N4O6S.CH2O2/c21-9-1-2-11-31(29,30)12-4-10-22-14-6-3-5-13-17(14)20(28)24(19(13)27)15-7-8-16(25)23-18(15)26;2-1-3/h3,5-6,15,22H,1-2,4,7-12,21H2,(H,23,25,26);1H,(H,2,3). The van der Waals surface area contributed by atoms with Crippen molar-refractivity contribution < 1.29 is 37.5 Å². The number of imide groups is 2. The fraction of sp³-hybridized carbons (Fsp3) is 0.476. The number of carbonyl (C=O) groups excluding carboxylic acids is 4. The molecule has 0 aromatic heterocycles. The highest BCUT2D eigenvalue weighted by Gasteiger charge is 2.45. The van der Waals surface area contributed by atoms with Crippen LogP contribution in [0.5, 0.6) is 0 Å². The second-order valence-electron chi connectivity index (χ2n) is 7.71. The van der Waals surface area contributed by atoms with Gasteiger partial charge in [0.15, 0.2) is 0 Å². The molecule has 2 aliphatic rings. The minimum atomic E-state index is -3.17. The molecule has 1 aromatic carbocycles. The van der Waals surface area contributed by atoms with Crippen LogP contribution in [0.4, 0.5) is 5.69 Å². The molecular weight excluding hydrogens is 468 g/mol. The van der Waals surface area contributed by atoms with E-state index in [0.29, 0.717) is 38.0 Å². The van der Waals surface area contributed by atoms with Crippen LogP contribution in [-0.4, -0.2) is 79.2 Å². The summed E-state index contributed by atoms with van der Waals surface area (Å²) in [6, 6.07) is 3.73. The Bertz CT molecular complexity index is 1060. The Balaban J connectivity index is 0.00000129. The predicted molar refractivity (Wildman–Crippen MR) is 122 cm³/mol. The van der Waals surface area contributed by atoms with Gasteiger partial charge < -0.3 is 16.2 Å². The van der Waals surface area contributed by atoms with Crippen LogP contribution in [0.25, 0.3) is 0 Å². The molecule has 0 saturated carbocycles. The van der Waals surface area contributed by atoms with Gasteiger partial charge in [0.2, 0.25) is 11.8 Å². The fourth-order valence-electron chi connectivity index (χ4n) is 3.75. The number of piperidine rings is 1. The molecule has 0 radical (unpaired) electrons. The highest BCUT2D eigenvalue weighted by Crippen LogP contribution is 2.32. The van der Waals surface area contributed by atoms with Crippen molar-refractivity contribution in [3.8, 4) is 0 Å². The minimum Gasteiger partial charge on any atom is -0.483 e. The van der Waals surface area contributed by atoms with E-state index in [1.165, 1.54) is 6.07 Å². The van der Waals surface area contributed by atoms with Gasteiger partial charge in [0, 0.05) is 18.7 Å². The molecule has 2 aliphatic heterocycles. The number of hydrogen-bond acceptors (Lipinski definition) is 9. The highest BCUT2D eigenvalue weighted by molar-refractivity contribution is 7.91. The molecule has 3 rings (SSSR count). The first kappa shape index (κ1) is 26.9. The second kappa shape index (κ2) is 12.2. The molecule has 1 aromatic rings. The van der Waals surface area contributed by atoms with Crippen LogP contribution in [-0.2, 0) is 24.2 Å². The van der Waals surface area contributed by atoms with Gasteiger partial charge in [0.25, 0.3) is 18.3 Å². The van der Waals surface area contributed by atoms with Crippen molar-refractivity contribution in [1.82, 2.24) is 10.2 Å². The van der Waals surface area contributed by atoms with Gasteiger partial charge in [-0.2, -0.15) is 0 Å². The van der Waals surface area contributed by atoms with Crippen molar-refractivity contribution in [1.29, 1.82) is 0 Å². The Morgan fingerprint density at radius 1 is 1.12 bits per heavy atom. The molecule has 34 heavy (non-hydrogen) atoms. The van der Waals surface area contributed by atoms with E-state index in [4.69, 9.17) is 15.6 Å². The van der Waals surface area contributed by atoms with E-state index in [1.54, 1.807) is 12.1 Å². The van der Waals surface area contributed by atoms with Crippen molar-refractivity contribution in [2.24, 2.45) is 5.73 Å². The van der Waals surface area contributed by atoms with Crippen molar-refractivity contribution >= 4 is 45.6 Å². The average Bonchev–Trinajstić information content (AvgIpc) is 3.03. The molecule has 1 fully saturated rings. The lowest BCUT2D eigenvalue weighted by Gasteiger charge is -2.27. The maximum Gasteiger partial charge on any atom is 0.290 e. The van der Waals surface area contributed by atoms with Crippen LogP contribution >= 0.6 is 0 Å². The van der Waals surface area contributed by atoms with Crippen LogP contribution < -0.4 is 16.4 Å². The van der Waals surface area contributed by atoms with E-state index in [9.17, 15) is 27.6 Å². The van der Waals surface area contributed by atoms with Gasteiger partial charge in [-0.05, 0) is 44.4 Å². The molecule has 5 N–H and O–H groups in total. The highest BCUT2D eigenvalue weighted by atomic mass is 32.2. The topological polar surface area (TPSA) is 193 Å². The van der Waals surface area contributed by atoms with Crippen LogP contribution in [0.1, 0.15) is 52.8 Å². The largest absolute Gasteiger partial charge is 0.483 e. The quantitative estimate of drug-likeness (QED) is 0.190. The summed E-state index contributed by atoms with van der Waals surface area (Å²) < 4.78 is 24.1. The predicted octanol–water partition coefficient (Wildman–Crippen LogP) is -0.256. The zero-order valence-corrected chi connectivity index (χ0v) is 19.3. The Kier molecular flexibility index (Phi) is 9.69. The molecule has 4 amide bonds. The monoisotopic (exact) mass is 496 g/mol. The number of nitrogens with two attached hydrogens (primary N) is 1. The third-order valence-corrected chi connectivity index (χ3v) is 7.15. The summed E-state index contributed by atoms with van der Waals surface area (Å²) >= 11 is 0. The van der Waals surface area contributed by atoms with Crippen LogP contribution in [0, 0.1) is 0 Å². The summed E-state index contributed by atoms with van der Waals surface area (Å²) in [6.45, 7) is 0.505. The molecule has 13 heteroatoms. The molecule has 1 unspecified atom stereocenters. The first-order valence-corrected chi connectivity index (χ1v) is 12.6. The lowest BCUT2D eigenvalue weighted by Crippen LogP contribution is -2.54. The summed E-state index contributed by atoms with van der Waals surface area (Å²) in [5.41, 5.74) is 6.12. The fourth-order valence-corrected chi connectivity index (χ4v) is 5.18. The van der Waals surface area contributed by atoms with E-state index in [2.05, 4.69) is 10.6 Å². The van der Waals surface area contributed by atoms with E-state index >= 15 is 0 Å². The van der Waals surface area contributed by atoms with Gasteiger partial charge in [0.1, 0.15) is 15.9 Å². The molecule has 0 aliphatic carbocycles. The second-order valence-corrected chi connectivity index (χ2v) is 10.0. The number of rotatable bonds is 10. The Morgan fingerprint density at radius 2 is 1.79 bits per heavy atom. The van der Waals surface area contributed by atoms with E-state index < -0.39 is 39.5 Å². The molecule has 0 bridgehead atoms. The number of unbranched alkanes of at least 4 members (excludes halogenated alkanes) is 1. The molecular formula is C21H28N4O8S. The molecule has 1 atom stereocenters. The van der Waals surface area contributed by atoms with Gasteiger partial charge >= 0.3 is 0 Å². The summed E-state index contributed by atoms with van der Waals surface area (Å²) in [4.78, 5) is 58.6. The third-order valence-electron chi connectivity index (χ3n) is 5.33. The van der Waals surface area contributed by atoms with Gasteiger partial charge in [-0.15, -0.1) is 0 Å². The number of nitrogens with zero attached hydrogens (tertiary/aromatic N) is 1. The van der Waals surface area contributed by atoms with Crippen molar-refractivity contribution in [2.45, 2.75) is 38.1 Å². The zero-order valence-electron chi connectivity index (χ0n) is 18.5. The van der Waals surface area contributed by atoms with Crippen LogP contribution in [0.15, 0.2) is 18.2 Å². The lowest BCUT2D eigenvalue weighted by molar-refractivity contribution is -0.136. The van der Waals surface area contributed by atoms with Crippen molar-refractivity contribution in [3.63, 3.8) is 0 Å². The minimum absolute atomic E-state index is 0.00880. The number of anilines is 1. The van der Waals surface area contributed by atoms with Crippen molar-refractivity contribution in [3.05, 3.63) is 29.3 Å². The van der Waals surface area contributed by atoms with Gasteiger partial charge in [-0.3, -0.25) is 34.2 Å². The first-order chi connectivity index (χ1) is 16.2. The molecule has 0 spiro atoms. The first-order valence-electron chi connectivity index (χ1n) is 10.7. The molecule has 2 heterocycles. The molecule has 12 nitrogen and oxygen atoms in total. The number of hydrogen-bond donors (Lipinski definition) is 4. The number of benzene rings is 1. The lowest BCUT2D eigenvalue weighted by atomic mass is 10.0. The number of fused-ring (bicyclic) bond motifs is 1. The Labute approximate surface area is 196 Å². The van der Waals surface area contributed by atoms with Crippen LogP contribution in [0.2, 0.25) is 0 Å². The smallest absolute Gasteiger partial charge is 0.290 e. The summed E-state index contributed by atoms with van der Waals surface area (Å²) in [5, 5.41) is 12.1. The Morgan fingerprint density at radius 3 is 2.44 bits per heavy atom. The number of nitrogens with one attached hydrogen (secondary N) is 2. The number of carboxylic acid groups (broad SMARTS) is 1. The third kappa shape index (κ3) is 6.60. The maximum atomic E-state index is 13.0. The van der Waals surface area contributed by atoms with E-state index in [0.717, 1.165) is 4.90 Å².